The second-order valence-corrected chi connectivity index (χ2v) is 7.08. The highest BCUT2D eigenvalue weighted by Crippen LogP contribution is 2.42. The predicted molar refractivity (Wildman–Crippen MR) is 103 cm³/mol. The van der Waals surface area contributed by atoms with Crippen LogP contribution in [0.2, 0.25) is 0 Å². The SMILES string of the molecule is NC1=NC2(CCCCC2)N(c2ccccc2N2CCNC(=O)C2)C(N)=N1. The molecule has 0 unspecified atom stereocenters. The zero-order valence-electron chi connectivity index (χ0n) is 14.8. The number of guanidine groups is 2. The van der Waals surface area contributed by atoms with Gasteiger partial charge in [-0.25, -0.2) is 4.99 Å². The van der Waals surface area contributed by atoms with Gasteiger partial charge in [0.1, 0.15) is 5.66 Å². The van der Waals surface area contributed by atoms with E-state index in [4.69, 9.17) is 16.5 Å². The van der Waals surface area contributed by atoms with E-state index in [1.165, 1.54) is 6.42 Å². The summed E-state index contributed by atoms with van der Waals surface area (Å²) in [7, 11) is 0. The number of nitrogens with two attached hydrogens (primary N) is 2. The van der Waals surface area contributed by atoms with E-state index >= 15 is 0 Å². The maximum atomic E-state index is 11.9. The topological polar surface area (TPSA) is 112 Å². The van der Waals surface area contributed by atoms with Crippen LogP contribution in [0.1, 0.15) is 32.1 Å². The number of carbonyl (C=O) groups excluding carboxylic acids is 1. The molecule has 2 aliphatic heterocycles. The Morgan fingerprint density at radius 2 is 1.81 bits per heavy atom. The zero-order chi connectivity index (χ0) is 18.1. The molecule has 4 rings (SSSR count). The smallest absolute Gasteiger partial charge is 0.239 e. The summed E-state index contributed by atoms with van der Waals surface area (Å²) in [5.74, 6) is 0.643. The highest BCUT2D eigenvalue weighted by Gasteiger charge is 2.43. The number of nitrogens with zero attached hydrogens (tertiary/aromatic N) is 4. The number of benzene rings is 1. The van der Waals surface area contributed by atoms with E-state index in [9.17, 15) is 4.79 Å². The number of nitrogens with one attached hydrogen (secondary N) is 1. The third-order valence-electron chi connectivity index (χ3n) is 5.35. The molecule has 8 nitrogen and oxygen atoms in total. The highest BCUT2D eigenvalue weighted by atomic mass is 16.2. The Balaban J connectivity index is 1.78. The second-order valence-electron chi connectivity index (χ2n) is 7.08. The number of aliphatic imine (C=N–C) groups is 2. The van der Waals surface area contributed by atoms with Gasteiger partial charge in [0.25, 0.3) is 0 Å². The van der Waals surface area contributed by atoms with E-state index in [1.54, 1.807) is 0 Å². The molecule has 3 aliphatic rings. The van der Waals surface area contributed by atoms with Gasteiger partial charge in [0.15, 0.2) is 0 Å². The van der Waals surface area contributed by atoms with E-state index in [1.807, 2.05) is 29.2 Å². The van der Waals surface area contributed by atoms with Crippen LogP contribution in [0, 0.1) is 0 Å². The quantitative estimate of drug-likeness (QED) is 0.724. The molecule has 1 aromatic rings. The minimum atomic E-state index is -0.484. The average Bonchev–Trinajstić information content (AvgIpc) is 2.62. The largest absolute Gasteiger partial charge is 0.369 e. The lowest BCUT2D eigenvalue weighted by atomic mass is 9.87. The summed E-state index contributed by atoms with van der Waals surface area (Å²) < 4.78 is 0. The van der Waals surface area contributed by atoms with Gasteiger partial charge >= 0.3 is 0 Å². The minimum absolute atomic E-state index is 0.0287. The van der Waals surface area contributed by atoms with Crippen molar-refractivity contribution in [1.82, 2.24) is 5.32 Å². The molecule has 26 heavy (non-hydrogen) atoms. The van der Waals surface area contributed by atoms with Crippen molar-refractivity contribution in [3.05, 3.63) is 24.3 Å². The molecule has 1 amide bonds. The molecule has 138 valence electrons. The van der Waals surface area contributed by atoms with Gasteiger partial charge in [-0.1, -0.05) is 18.6 Å². The Labute approximate surface area is 152 Å². The molecule has 1 aromatic carbocycles. The number of hydrogen-bond acceptors (Lipinski definition) is 7. The molecule has 0 radical (unpaired) electrons. The van der Waals surface area contributed by atoms with Gasteiger partial charge in [0.2, 0.25) is 17.8 Å². The lowest BCUT2D eigenvalue weighted by molar-refractivity contribution is -0.120. The van der Waals surface area contributed by atoms with Gasteiger partial charge in [-0.2, -0.15) is 4.99 Å². The first-order valence-electron chi connectivity index (χ1n) is 9.19. The fourth-order valence-electron chi connectivity index (χ4n) is 4.23. The number of carbonyl (C=O) groups is 1. The molecule has 8 heteroatoms. The third-order valence-corrected chi connectivity index (χ3v) is 5.35. The summed E-state index contributed by atoms with van der Waals surface area (Å²) in [5.41, 5.74) is 13.7. The average molecular weight is 355 g/mol. The van der Waals surface area contributed by atoms with Crippen molar-refractivity contribution in [3.8, 4) is 0 Å². The predicted octanol–water partition coefficient (Wildman–Crippen LogP) is 0.733. The van der Waals surface area contributed by atoms with E-state index in [0.717, 1.165) is 43.6 Å². The van der Waals surface area contributed by atoms with Crippen LogP contribution in [0.15, 0.2) is 34.3 Å². The maximum Gasteiger partial charge on any atom is 0.239 e. The second kappa shape index (κ2) is 6.51. The Hall–Kier alpha value is -2.77. The minimum Gasteiger partial charge on any atom is -0.369 e. The fourth-order valence-corrected chi connectivity index (χ4v) is 4.23. The van der Waals surface area contributed by atoms with Crippen molar-refractivity contribution < 1.29 is 4.79 Å². The first-order valence-corrected chi connectivity index (χ1v) is 9.19. The molecule has 0 bridgehead atoms. The standard InChI is InChI=1S/C18H25N7O/c19-16-22-17(20)25(18(23-16)8-4-1-5-9-18)14-7-3-2-6-13(14)24-11-10-21-15(26)12-24/h2-3,6-7H,1,4-5,8-12H2,(H,21,26)(H4,19,20,22,23). The molecular formula is C18H25N7O. The number of hydrogen-bond donors (Lipinski definition) is 3. The van der Waals surface area contributed by atoms with Gasteiger partial charge in [0.05, 0.1) is 17.9 Å². The van der Waals surface area contributed by atoms with Crippen LogP contribution in [0.25, 0.3) is 0 Å². The zero-order valence-corrected chi connectivity index (χ0v) is 14.8. The molecule has 0 aromatic heterocycles. The highest BCUT2D eigenvalue weighted by molar-refractivity contribution is 6.07. The number of amides is 1. The summed E-state index contributed by atoms with van der Waals surface area (Å²) in [4.78, 5) is 25.0. The lowest BCUT2D eigenvalue weighted by Crippen LogP contribution is -2.59. The van der Waals surface area contributed by atoms with Crippen LogP contribution in [-0.4, -0.2) is 43.1 Å². The van der Waals surface area contributed by atoms with Crippen LogP contribution in [0.5, 0.6) is 0 Å². The number of para-hydroxylation sites is 2. The van der Waals surface area contributed by atoms with Crippen molar-refractivity contribution in [2.75, 3.05) is 29.4 Å². The lowest BCUT2D eigenvalue weighted by Gasteiger charge is -2.47. The molecule has 5 N–H and O–H groups in total. The molecule has 1 spiro atoms. The van der Waals surface area contributed by atoms with Crippen LogP contribution >= 0.6 is 0 Å². The number of anilines is 2. The summed E-state index contributed by atoms with van der Waals surface area (Å²) in [6, 6.07) is 8.01. The fraction of sp³-hybridized carbons (Fsp3) is 0.500. The van der Waals surface area contributed by atoms with E-state index < -0.39 is 5.66 Å². The van der Waals surface area contributed by atoms with Gasteiger partial charge in [-0.3, -0.25) is 9.69 Å². The molecule has 1 saturated heterocycles. The maximum absolute atomic E-state index is 11.9. The van der Waals surface area contributed by atoms with Crippen LogP contribution in [-0.2, 0) is 4.79 Å². The van der Waals surface area contributed by atoms with Gasteiger partial charge < -0.3 is 21.7 Å². The van der Waals surface area contributed by atoms with E-state index in [2.05, 4.69) is 15.2 Å². The first-order chi connectivity index (χ1) is 12.6. The van der Waals surface area contributed by atoms with Crippen molar-refractivity contribution in [3.63, 3.8) is 0 Å². The van der Waals surface area contributed by atoms with Crippen LogP contribution in [0.3, 0.4) is 0 Å². The van der Waals surface area contributed by atoms with Crippen molar-refractivity contribution in [2.24, 2.45) is 21.5 Å². The Kier molecular flexibility index (Phi) is 4.18. The Bertz CT molecular complexity index is 767. The summed E-state index contributed by atoms with van der Waals surface area (Å²) >= 11 is 0. The van der Waals surface area contributed by atoms with Crippen LogP contribution < -0.4 is 26.6 Å². The molecule has 2 fully saturated rings. The van der Waals surface area contributed by atoms with Gasteiger partial charge in [0, 0.05) is 13.1 Å². The van der Waals surface area contributed by atoms with Gasteiger partial charge in [-0.15, -0.1) is 0 Å². The summed E-state index contributed by atoms with van der Waals surface area (Å²) in [6.07, 6.45) is 5.12. The van der Waals surface area contributed by atoms with Crippen LogP contribution in [0.4, 0.5) is 11.4 Å². The Morgan fingerprint density at radius 3 is 2.54 bits per heavy atom. The summed E-state index contributed by atoms with van der Waals surface area (Å²) in [5, 5.41) is 2.87. The van der Waals surface area contributed by atoms with E-state index in [-0.39, 0.29) is 11.9 Å². The normalized spacial score (nSPS) is 22.7. The number of piperazine rings is 1. The molecule has 1 saturated carbocycles. The van der Waals surface area contributed by atoms with Crippen molar-refractivity contribution >= 4 is 29.2 Å². The first kappa shape index (κ1) is 16.7. The molecular weight excluding hydrogens is 330 g/mol. The van der Waals surface area contributed by atoms with Crippen molar-refractivity contribution in [1.29, 1.82) is 0 Å². The molecule has 1 aliphatic carbocycles. The third kappa shape index (κ3) is 2.85. The molecule has 2 heterocycles. The summed E-state index contributed by atoms with van der Waals surface area (Å²) in [6.45, 7) is 1.72. The number of rotatable bonds is 2. The van der Waals surface area contributed by atoms with Crippen molar-refractivity contribution in [2.45, 2.75) is 37.8 Å². The van der Waals surface area contributed by atoms with E-state index in [0.29, 0.717) is 19.0 Å². The van der Waals surface area contributed by atoms with Gasteiger partial charge in [-0.05, 0) is 37.8 Å². The Morgan fingerprint density at radius 1 is 1.08 bits per heavy atom. The monoisotopic (exact) mass is 355 g/mol. The molecule has 0 atom stereocenters.